The number of hydrogen-bond acceptors (Lipinski definition) is 4. The second-order valence-corrected chi connectivity index (χ2v) is 8.24. The number of hydrogen-bond donors (Lipinski definition) is 1. The molecular formula is C24H26N2O3. The number of ether oxygens (including phenoxy) is 1. The highest BCUT2D eigenvalue weighted by atomic mass is 16.5. The van der Waals surface area contributed by atoms with E-state index in [1.54, 1.807) is 6.07 Å². The van der Waals surface area contributed by atoms with Crippen molar-refractivity contribution in [3.8, 4) is 5.75 Å². The summed E-state index contributed by atoms with van der Waals surface area (Å²) in [6.45, 7) is 0.298. The molecule has 1 N–H and O–H groups in total. The number of rotatable bonds is 5. The lowest BCUT2D eigenvalue weighted by atomic mass is 9.98. The van der Waals surface area contributed by atoms with Gasteiger partial charge in [0, 0.05) is 25.2 Å². The standard InChI is InChI=1S/C24H26N2O3/c1-26(20-13-18-7-8-19(14-20)25-18)24(27)23-11-10-22(29-23)15-28-21-9-6-16-4-2-3-5-17(16)12-21/h2-6,9-12,18-20,25H,7-8,13-15H2,1H3. The first-order valence-corrected chi connectivity index (χ1v) is 10.4. The van der Waals surface area contributed by atoms with Crippen molar-refractivity contribution < 1.29 is 13.9 Å². The van der Waals surface area contributed by atoms with Crippen LogP contribution in [0.5, 0.6) is 5.75 Å². The number of amides is 1. The van der Waals surface area contributed by atoms with E-state index in [0.717, 1.165) is 24.0 Å². The number of carbonyl (C=O) groups excluding carboxylic acids is 1. The minimum atomic E-state index is -0.0479. The van der Waals surface area contributed by atoms with Gasteiger partial charge in [-0.25, -0.2) is 0 Å². The van der Waals surface area contributed by atoms with E-state index >= 15 is 0 Å². The minimum absolute atomic E-state index is 0.0479. The van der Waals surface area contributed by atoms with Gasteiger partial charge in [-0.2, -0.15) is 0 Å². The van der Waals surface area contributed by atoms with Crippen molar-refractivity contribution in [2.24, 2.45) is 0 Å². The van der Waals surface area contributed by atoms with Gasteiger partial charge in [0.05, 0.1) is 0 Å². The molecule has 0 saturated carbocycles. The van der Waals surface area contributed by atoms with Crippen LogP contribution in [-0.4, -0.2) is 36.0 Å². The molecule has 29 heavy (non-hydrogen) atoms. The molecule has 2 aliphatic heterocycles. The molecule has 0 spiro atoms. The minimum Gasteiger partial charge on any atom is -0.486 e. The molecule has 5 rings (SSSR count). The number of benzene rings is 2. The summed E-state index contributed by atoms with van der Waals surface area (Å²) in [7, 11) is 1.89. The van der Waals surface area contributed by atoms with Gasteiger partial charge < -0.3 is 19.4 Å². The Morgan fingerprint density at radius 1 is 1.07 bits per heavy atom. The summed E-state index contributed by atoms with van der Waals surface area (Å²) < 4.78 is 11.7. The molecule has 2 aromatic carbocycles. The second kappa shape index (κ2) is 7.56. The molecule has 2 fully saturated rings. The molecule has 150 valence electrons. The Morgan fingerprint density at radius 2 is 1.83 bits per heavy atom. The highest BCUT2D eigenvalue weighted by Gasteiger charge is 2.37. The number of nitrogens with zero attached hydrogens (tertiary/aromatic N) is 1. The lowest BCUT2D eigenvalue weighted by Gasteiger charge is -2.35. The van der Waals surface area contributed by atoms with E-state index < -0.39 is 0 Å². The molecule has 3 heterocycles. The van der Waals surface area contributed by atoms with Crippen molar-refractivity contribution in [1.82, 2.24) is 10.2 Å². The van der Waals surface area contributed by atoms with Gasteiger partial charge in [0.25, 0.3) is 5.91 Å². The highest BCUT2D eigenvalue weighted by Crippen LogP contribution is 2.30. The molecule has 5 heteroatoms. The Bertz CT molecular complexity index is 1020. The van der Waals surface area contributed by atoms with E-state index in [2.05, 4.69) is 17.4 Å². The van der Waals surface area contributed by atoms with E-state index in [-0.39, 0.29) is 11.9 Å². The van der Waals surface area contributed by atoms with Gasteiger partial charge in [-0.15, -0.1) is 0 Å². The van der Waals surface area contributed by atoms with E-state index in [1.165, 1.54) is 18.2 Å². The Hall–Kier alpha value is -2.79. The van der Waals surface area contributed by atoms with Crippen LogP contribution in [0.2, 0.25) is 0 Å². The van der Waals surface area contributed by atoms with Crippen molar-refractivity contribution in [3.05, 3.63) is 66.1 Å². The number of nitrogens with one attached hydrogen (secondary N) is 1. The van der Waals surface area contributed by atoms with Crippen LogP contribution >= 0.6 is 0 Å². The van der Waals surface area contributed by atoms with Gasteiger partial charge in [0.2, 0.25) is 0 Å². The number of furan rings is 1. The predicted molar refractivity (Wildman–Crippen MR) is 112 cm³/mol. The summed E-state index contributed by atoms with van der Waals surface area (Å²) in [5, 5.41) is 5.94. The summed E-state index contributed by atoms with van der Waals surface area (Å²) in [5.74, 6) is 1.78. The highest BCUT2D eigenvalue weighted by molar-refractivity contribution is 5.91. The largest absolute Gasteiger partial charge is 0.486 e. The van der Waals surface area contributed by atoms with Crippen LogP contribution in [0.15, 0.2) is 59.0 Å². The first kappa shape index (κ1) is 18.3. The fraction of sp³-hybridized carbons (Fsp3) is 0.375. The topological polar surface area (TPSA) is 54.7 Å². The van der Waals surface area contributed by atoms with Crippen molar-refractivity contribution in [2.75, 3.05) is 7.05 Å². The summed E-state index contributed by atoms with van der Waals surface area (Å²) in [6.07, 6.45) is 4.50. The van der Waals surface area contributed by atoms with E-state index in [1.807, 2.05) is 48.3 Å². The average molecular weight is 390 g/mol. The molecule has 1 aromatic heterocycles. The van der Waals surface area contributed by atoms with Crippen LogP contribution in [0, 0.1) is 0 Å². The Balaban J connectivity index is 1.22. The SMILES string of the molecule is CN(C(=O)c1ccc(COc2ccc3ccccc3c2)o1)C1CC2CCC(C1)N2. The Labute approximate surface area is 170 Å². The zero-order valence-corrected chi connectivity index (χ0v) is 16.6. The van der Waals surface area contributed by atoms with E-state index in [0.29, 0.717) is 30.2 Å². The molecule has 5 nitrogen and oxygen atoms in total. The van der Waals surface area contributed by atoms with Gasteiger partial charge in [-0.3, -0.25) is 4.79 Å². The first-order chi connectivity index (χ1) is 14.2. The fourth-order valence-electron chi connectivity index (χ4n) is 4.67. The molecule has 2 unspecified atom stereocenters. The quantitative estimate of drug-likeness (QED) is 0.703. The fourth-order valence-corrected chi connectivity index (χ4v) is 4.67. The Morgan fingerprint density at radius 3 is 2.62 bits per heavy atom. The van der Waals surface area contributed by atoms with Crippen molar-refractivity contribution >= 4 is 16.7 Å². The van der Waals surface area contributed by atoms with Crippen LogP contribution < -0.4 is 10.1 Å². The summed E-state index contributed by atoms with van der Waals surface area (Å²) in [4.78, 5) is 14.7. The number of fused-ring (bicyclic) bond motifs is 3. The third-order valence-electron chi connectivity index (χ3n) is 6.29. The van der Waals surface area contributed by atoms with E-state index in [9.17, 15) is 4.79 Å². The van der Waals surface area contributed by atoms with Crippen LogP contribution in [0.3, 0.4) is 0 Å². The maximum Gasteiger partial charge on any atom is 0.289 e. The van der Waals surface area contributed by atoms with Gasteiger partial charge in [-0.1, -0.05) is 30.3 Å². The van der Waals surface area contributed by atoms with Gasteiger partial charge in [0.1, 0.15) is 18.1 Å². The van der Waals surface area contributed by atoms with Crippen molar-refractivity contribution in [1.29, 1.82) is 0 Å². The molecule has 0 aliphatic carbocycles. The zero-order valence-electron chi connectivity index (χ0n) is 16.6. The summed E-state index contributed by atoms with van der Waals surface area (Å²) in [5.41, 5.74) is 0. The smallest absolute Gasteiger partial charge is 0.289 e. The molecule has 2 atom stereocenters. The van der Waals surface area contributed by atoms with Gasteiger partial charge in [-0.05, 0) is 60.7 Å². The molecule has 2 saturated heterocycles. The molecule has 0 radical (unpaired) electrons. The van der Waals surface area contributed by atoms with Crippen molar-refractivity contribution in [3.63, 3.8) is 0 Å². The average Bonchev–Trinajstić information content (AvgIpc) is 3.37. The Kier molecular flexibility index (Phi) is 4.76. The lowest BCUT2D eigenvalue weighted by Crippen LogP contribution is -2.48. The third kappa shape index (κ3) is 3.75. The van der Waals surface area contributed by atoms with Crippen LogP contribution in [0.4, 0.5) is 0 Å². The maximum atomic E-state index is 12.9. The van der Waals surface area contributed by atoms with Crippen LogP contribution in [-0.2, 0) is 6.61 Å². The van der Waals surface area contributed by atoms with Crippen LogP contribution in [0.25, 0.3) is 10.8 Å². The van der Waals surface area contributed by atoms with Crippen molar-refractivity contribution in [2.45, 2.75) is 50.4 Å². The van der Waals surface area contributed by atoms with Gasteiger partial charge >= 0.3 is 0 Å². The molecule has 1 amide bonds. The molecule has 3 aromatic rings. The maximum absolute atomic E-state index is 12.9. The normalized spacial score (nSPS) is 23.3. The zero-order chi connectivity index (χ0) is 19.8. The van der Waals surface area contributed by atoms with Crippen LogP contribution in [0.1, 0.15) is 42.0 Å². The summed E-state index contributed by atoms with van der Waals surface area (Å²) in [6, 6.07) is 19.2. The van der Waals surface area contributed by atoms with Gasteiger partial charge in [0.15, 0.2) is 5.76 Å². The molecule has 2 aliphatic rings. The summed E-state index contributed by atoms with van der Waals surface area (Å²) >= 11 is 0. The lowest BCUT2D eigenvalue weighted by molar-refractivity contribution is 0.0646. The first-order valence-electron chi connectivity index (χ1n) is 10.4. The molecule has 2 bridgehead atoms. The third-order valence-corrected chi connectivity index (χ3v) is 6.29. The predicted octanol–water partition coefficient (Wildman–Crippen LogP) is 4.37. The number of piperidine rings is 1. The van der Waals surface area contributed by atoms with E-state index in [4.69, 9.17) is 9.15 Å². The molecular weight excluding hydrogens is 364 g/mol. The monoisotopic (exact) mass is 390 g/mol. The second-order valence-electron chi connectivity index (χ2n) is 8.24. The number of carbonyl (C=O) groups is 1.